The van der Waals surface area contributed by atoms with Crippen molar-refractivity contribution in [3.8, 4) is 11.5 Å². The number of anilines is 1. The smallest absolute Gasteiger partial charge is 0.329 e. The van der Waals surface area contributed by atoms with E-state index in [9.17, 15) is 14.4 Å². The highest BCUT2D eigenvalue weighted by atomic mass is 16.6. The van der Waals surface area contributed by atoms with Crippen molar-refractivity contribution in [3.05, 3.63) is 18.2 Å². The molecule has 0 saturated carbocycles. The number of hydrazone groups is 1. The molecule has 0 fully saturated rings. The Morgan fingerprint density at radius 1 is 1.15 bits per heavy atom. The second kappa shape index (κ2) is 10.1. The van der Waals surface area contributed by atoms with Gasteiger partial charge in [-0.25, -0.2) is 5.43 Å². The first-order chi connectivity index (χ1) is 13.0. The van der Waals surface area contributed by atoms with Gasteiger partial charge in [-0.05, 0) is 19.1 Å². The van der Waals surface area contributed by atoms with Crippen LogP contribution in [0.1, 0.15) is 13.3 Å². The van der Waals surface area contributed by atoms with Crippen LogP contribution >= 0.6 is 0 Å². The minimum Gasteiger partial charge on any atom is -0.486 e. The van der Waals surface area contributed by atoms with Crippen LogP contribution in [-0.2, 0) is 19.1 Å². The van der Waals surface area contributed by atoms with Crippen LogP contribution in [0.3, 0.4) is 0 Å². The summed E-state index contributed by atoms with van der Waals surface area (Å²) in [6.45, 7) is 3.01. The number of nitrogens with one attached hydrogen (secondary N) is 3. The Balaban J connectivity index is 1.80. The molecule has 1 heterocycles. The van der Waals surface area contributed by atoms with Gasteiger partial charge in [-0.1, -0.05) is 0 Å². The molecular formula is C17H22N4O6. The molecule has 0 aliphatic carbocycles. The summed E-state index contributed by atoms with van der Waals surface area (Å²) in [4.78, 5) is 35.1. The van der Waals surface area contributed by atoms with Crippen molar-refractivity contribution in [2.24, 2.45) is 5.10 Å². The number of carbonyl (C=O) groups is 3. The summed E-state index contributed by atoms with van der Waals surface area (Å²) in [7, 11) is 1.48. The maximum atomic E-state index is 12.1. The Labute approximate surface area is 156 Å². The summed E-state index contributed by atoms with van der Waals surface area (Å²) < 4.78 is 15.6. The molecular weight excluding hydrogens is 356 g/mol. The Hall–Kier alpha value is -3.14. The standard InChI is InChI=1S/C17H22N4O6/c1-11(20-21-17(24)16(23)18-5-6-25-2)9-15(22)19-12-3-4-13-14(10-12)27-8-7-26-13/h3-4,10H,5-9H2,1-2H3,(H,18,23)(H,19,22)(H,21,24). The number of rotatable bonds is 7. The monoisotopic (exact) mass is 378 g/mol. The van der Waals surface area contributed by atoms with Crippen molar-refractivity contribution in [2.45, 2.75) is 13.3 Å². The molecule has 0 aromatic heterocycles. The van der Waals surface area contributed by atoms with Crippen LogP contribution in [0.25, 0.3) is 0 Å². The number of hydrogen-bond donors (Lipinski definition) is 3. The average Bonchev–Trinajstić information content (AvgIpc) is 2.66. The maximum absolute atomic E-state index is 12.1. The number of hydrogen-bond acceptors (Lipinski definition) is 7. The van der Waals surface area contributed by atoms with Crippen molar-refractivity contribution in [1.82, 2.24) is 10.7 Å². The predicted octanol–water partition coefficient (Wildman–Crippen LogP) is 0.0411. The van der Waals surface area contributed by atoms with E-state index in [1.54, 1.807) is 25.1 Å². The Bertz CT molecular complexity index is 734. The molecule has 0 spiro atoms. The highest BCUT2D eigenvalue weighted by Crippen LogP contribution is 2.32. The molecule has 0 saturated heterocycles. The second-order valence-corrected chi connectivity index (χ2v) is 5.62. The van der Waals surface area contributed by atoms with E-state index in [4.69, 9.17) is 14.2 Å². The van der Waals surface area contributed by atoms with Gasteiger partial charge in [0.25, 0.3) is 0 Å². The van der Waals surface area contributed by atoms with E-state index in [-0.39, 0.29) is 18.9 Å². The zero-order valence-corrected chi connectivity index (χ0v) is 15.2. The van der Waals surface area contributed by atoms with Gasteiger partial charge in [0.05, 0.1) is 13.0 Å². The molecule has 3 N–H and O–H groups in total. The minimum atomic E-state index is -0.919. The Kier molecular flexibility index (Phi) is 7.56. The van der Waals surface area contributed by atoms with E-state index >= 15 is 0 Å². The van der Waals surface area contributed by atoms with Crippen molar-refractivity contribution in [3.63, 3.8) is 0 Å². The van der Waals surface area contributed by atoms with Crippen molar-refractivity contribution >= 4 is 29.1 Å². The van der Waals surface area contributed by atoms with E-state index in [2.05, 4.69) is 21.2 Å². The van der Waals surface area contributed by atoms with E-state index < -0.39 is 11.8 Å². The van der Waals surface area contributed by atoms with Gasteiger partial charge in [0.1, 0.15) is 13.2 Å². The van der Waals surface area contributed by atoms with Crippen LogP contribution in [0.4, 0.5) is 5.69 Å². The van der Waals surface area contributed by atoms with Gasteiger partial charge in [-0.15, -0.1) is 0 Å². The van der Waals surface area contributed by atoms with Gasteiger partial charge < -0.3 is 24.8 Å². The molecule has 27 heavy (non-hydrogen) atoms. The number of amides is 3. The first-order valence-corrected chi connectivity index (χ1v) is 8.29. The van der Waals surface area contributed by atoms with Crippen LogP contribution < -0.4 is 25.5 Å². The number of fused-ring (bicyclic) bond motifs is 1. The zero-order chi connectivity index (χ0) is 19.6. The summed E-state index contributed by atoms with van der Waals surface area (Å²) in [5, 5.41) is 8.81. The Morgan fingerprint density at radius 3 is 2.63 bits per heavy atom. The quantitative estimate of drug-likeness (QED) is 0.266. The fourth-order valence-corrected chi connectivity index (χ4v) is 2.14. The van der Waals surface area contributed by atoms with Gasteiger partial charge in [-0.3, -0.25) is 14.4 Å². The van der Waals surface area contributed by atoms with Crippen LogP contribution in [0.2, 0.25) is 0 Å². The number of ether oxygens (including phenoxy) is 3. The SMILES string of the molecule is COCCNC(=O)C(=O)NN=C(C)CC(=O)Nc1ccc2c(c1)OCCO2. The third-order valence-electron chi connectivity index (χ3n) is 3.39. The molecule has 2 rings (SSSR count). The number of carbonyl (C=O) groups excluding carboxylic acids is 3. The van der Waals surface area contributed by atoms with Gasteiger partial charge in [-0.2, -0.15) is 5.10 Å². The highest BCUT2D eigenvalue weighted by molar-refractivity contribution is 6.35. The second-order valence-electron chi connectivity index (χ2n) is 5.62. The predicted molar refractivity (Wildman–Crippen MR) is 96.8 cm³/mol. The van der Waals surface area contributed by atoms with Crippen LogP contribution in [0.15, 0.2) is 23.3 Å². The third kappa shape index (κ3) is 6.59. The van der Waals surface area contributed by atoms with Crippen molar-refractivity contribution in [1.29, 1.82) is 0 Å². The summed E-state index contributed by atoms with van der Waals surface area (Å²) in [6, 6.07) is 5.09. The molecule has 3 amide bonds. The minimum absolute atomic E-state index is 0.0555. The molecule has 0 bridgehead atoms. The van der Waals surface area contributed by atoms with Crippen molar-refractivity contribution in [2.75, 3.05) is 38.8 Å². The third-order valence-corrected chi connectivity index (χ3v) is 3.39. The average molecular weight is 378 g/mol. The molecule has 0 unspecified atom stereocenters. The summed E-state index contributed by atoms with van der Waals surface area (Å²) in [6.07, 6.45) is -0.0555. The molecule has 1 aromatic rings. The fourth-order valence-electron chi connectivity index (χ4n) is 2.14. The lowest BCUT2D eigenvalue weighted by molar-refractivity contribution is -0.139. The zero-order valence-electron chi connectivity index (χ0n) is 15.2. The van der Waals surface area contributed by atoms with Gasteiger partial charge >= 0.3 is 11.8 Å². The summed E-state index contributed by atoms with van der Waals surface area (Å²) in [5.74, 6) is -0.881. The van der Waals surface area contributed by atoms with E-state index in [0.717, 1.165) is 0 Å². The van der Waals surface area contributed by atoms with E-state index in [0.29, 0.717) is 42.7 Å². The maximum Gasteiger partial charge on any atom is 0.329 e. The number of benzene rings is 1. The molecule has 1 aromatic carbocycles. The topological polar surface area (TPSA) is 127 Å². The normalized spacial score (nSPS) is 12.9. The van der Waals surface area contributed by atoms with Crippen molar-refractivity contribution < 1.29 is 28.6 Å². The van der Waals surface area contributed by atoms with E-state index in [1.807, 2.05) is 0 Å². The van der Waals surface area contributed by atoms with Crippen LogP contribution in [-0.4, -0.2) is 56.9 Å². The Morgan fingerprint density at radius 2 is 1.89 bits per heavy atom. The summed E-state index contributed by atoms with van der Waals surface area (Å²) in [5.41, 5.74) is 2.99. The molecule has 146 valence electrons. The van der Waals surface area contributed by atoms with Crippen LogP contribution in [0, 0.1) is 0 Å². The number of nitrogens with zero attached hydrogens (tertiary/aromatic N) is 1. The van der Waals surface area contributed by atoms with E-state index in [1.165, 1.54) is 7.11 Å². The molecule has 0 radical (unpaired) electrons. The fraction of sp³-hybridized carbons (Fsp3) is 0.412. The molecule has 0 atom stereocenters. The van der Waals surface area contributed by atoms with Crippen LogP contribution in [0.5, 0.6) is 11.5 Å². The lowest BCUT2D eigenvalue weighted by Gasteiger charge is -2.19. The highest BCUT2D eigenvalue weighted by Gasteiger charge is 2.14. The largest absolute Gasteiger partial charge is 0.486 e. The lowest BCUT2D eigenvalue weighted by atomic mass is 10.2. The molecule has 10 nitrogen and oxygen atoms in total. The molecule has 1 aliphatic rings. The van der Waals surface area contributed by atoms with Gasteiger partial charge in [0.2, 0.25) is 5.91 Å². The lowest BCUT2D eigenvalue weighted by Crippen LogP contribution is -2.39. The first-order valence-electron chi connectivity index (χ1n) is 8.29. The first kappa shape index (κ1) is 20.2. The van der Waals surface area contributed by atoms with Gasteiger partial charge in [0, 0.05) is 31.1 Å². The summed E-state index contributed by atoms with van der Waals surface area (Å²) >= 11 is 0. The molecule has 1 aliphatic heterocycles. The number of methoxy groups -OCH3 is 1. The molecule has 10 heteroatoms. The van der Waals surface area contributed by atoms with Gasteiger partial charge in [0.15, 0.2) is 11.5 Å².